The smallest absolute Gasteiger partial charge is 0.136 e. The van der Waals surface area contributed by atoms with Crippen LogP contribution in [0.15, 0.2) is 94.7 Å². The van der Waals surface area contributed by atoms with Gasteiger partial charge in [-0.2, -0.15) is 0 Å². The van der Waals surface area contributed by atoms with E-state index in [1.165, 1.54) is 215 Å². The molecular weight excluding hydrogens is 1570 g/mol. The molecule has 5 N–H and O–H groups in total. The molecule has 1 aliphatic heterocycles. The van der Waals surface area contributed by atoms with Crippen LogP contribution in [0.2, 0.25) is 0 Å². The van der Waals surface area contributed by atoms with Crippen LogP contribution in [0.5, 0.6) is 0 Å². The normalized spacial score (nSPS) is 50.7. The molecule has 21 aliphatic rings. The summed E-state index contributed by atoms with van der Waals surface area (Å²) in [6, 6.07) is 0. The Hall–Kier alpha value is -2.98. The van der Waals surface area contributed by atoms with Gasteiger partial charge in [0.05, 0.1) is 22.4 Å². The molecule has 0 radical (unpaired) electrons. The quantitative estimate of drug-likeness (QED) is 0.125. The number of Topliss-reactive ketones (excluding diaryl/α,β-unsaturated/α-hetero) is 1. The summed E-state index contributed by atoms with van der Waals surface area (Å²) in [4.78, 5) is 23.4. The van der Waals surface area contributed by atoms with Gasteiger partial charge in [0.25, 0.3) is 0 Å². The number of carbonyl (C=O) groups excluding carboxylic acids is 2. The molecule has 8 heteroatoms. The zero-order valence-electron chi connectivity index (χ0n) is 84.1. The number of hydrogen-bond donors (Lipinski definition) is 5. The number of ether oxygens (including phenoxy) is 1. The second-order valence-electron chi connectivity index (χ2n) is 53.2. The summed E-state index contributed by atoms with van der Waals surface area (Å²) in [6.45, 7) is 59.9. The molecule has 128 heavy (non-hydrogen) atoms. The fourth-order valence-electron chi connectivity index (χ4n) is 38.7. The van der Waals surface area contributed by atoms with E-state index < -0.39 is 22.4 Å². The van der Waals surface area contributed by atoms with Crippen molar-refractivity contribution < 1.29 is 39.9 Å². The molecular formula is C120H194O8. The van der Waals surface area contributed by atoms with Crippen LogP contribution in [-0.4, -0.2) is 79.8 Å². The van der Waals surface area contributed by atoms with E-state index in [-0.39, 0.29) is 20.8 Å². The van der Waals surface area contributed by atoms with Gasteiger partial charge in [-0.25, -0.2) is 0 Å². The molecule has 15 saturated carbocycles. The van der Waals surface area contributed by atoms with Crippen LogP contribution in [0.1, 0.15) is 416 Å². The third-order valence-electron chi connectivity index (χ3n) is 46.0. The molecule has 36 atom stereocenters. The van der Waals surface area contributed by atoms with Crippen LogP contribution < -0.4 is 0 Å². The zero-order chi connectivity index (χ0) is 90.7. The molecule has 0 spiro atoms. The van der Waals surface area contributed by atoms with Crippen molar-refractivity contribution in [1.82, 2.24) is 0 Å². The molecule has 1 heterocycles. The van der Waals surface area contributed by atoms with E-state index >= 15 is 0 Å². The standard InChI is InChI=1S/C23H38O2.C23H36O2.2C23H36O.C22H32O.C4H8O.2CH4/c2*1-15(14-24)18-7-8-19-17-6-5-16-13-21(2,25)11-12-22(16,3)20(17)9-10-23(18,19)4;2*1-15(2)18-8-9-19-17-7-6-16-14-21(3,24)12-13-22(16,4)20(17)10-11-23(18,19)5;1-14(2)18-7-8-19-17-6-5-15-13-16(23)9-11-21(15,3)20(17)10-12-22(18,19)4;1-2-4-5-3-1;;/h5,15,17-20,24-25H,6-14H2,1-4H3;5,14-15,17-20,25H,6-13H2,1-4H3;2*6,17-20,24H,1,7-14H2,2-5H3;5,17-20H,1,6-13H2,2-4H3;1-4H2;2*1H4/t2*15-,17+,18-,19+,20+,21+,22+,23-;17-,18+,19-,20-,21+,22-,23+;17-,18+,19-,20-,21-,22-,23+;17-,18+,19-,20-,21-,22+;;;/m11000.../s1. The third kappa shape index (κ3) is 17.4. The van der Waals surface area contributed by atoms with E-state index in [0.717, 1.165) is 203 Å². The minimum atomic E-state index is -0.501. The summed E-state index contributed by atoms with van der Waals surface area (Å²) in [5.41, 5.74) is 14.0. The highest BCUT2D eigenvalue weighted by Crippen LogP contribution is 2.75. The molecule has 0 aromatic heterocycles. The van der Waals surface area contributed by atoms with Crippen LogP contribution >= 0.6 is 0 Å². The molecule has 8 nitrogen and oxygen atoms in total. The van der Waals surface area contributed by atoms with Crippen molar-refractivity contribution in [2.75, 3.05) is 19.8 Å². The number of carbonyl (C=O) groups is 2. The second kappa shape index (κ2) is 36.7. The molecule has 722 valence electrons. The number of fused-ring (bicyclic) bond motifs is 25. The SMILES string of the molecule is C.C.C1CCOC1.C=C(C)[C@H]1CC[C@H]2[C@@H]3CC=C4CC(=O)CC[C@]4(C)[C@H]3CC[C@]12C.C=C(C)[C@H]1CC[C@H]2[C@@H]3CC=C4C[C@@](C)(O)CC[C@]4(C)[C@H]3CC[C@]12C.C=C(C)[C@H]1CC[C@H]2[C@@H]3CC=C4C[C@](C)(O)CC[C@]4(C)[C@H]3CC[C@]12C.C[C@H](C=O)[C@H]1CC[C@H]2[C@@H]3CC=C4C[C@@](C)(O)CC[C@]4(C)[C@H]3CC[C@]12C.C[C@H](CO)[C@H]1CC[C@H]2[C@@H]3CC=C4C[C@@](C)(O)CC[C@]4(C)[C@H]3CC[C@]12C. The molecule has 0 bridgehead atoms. The average molecular weight is 1760 g/mol. The van der Waals surface area contributed by atoms with Crippen molar-refractivity contribution in [3.05, 3.63) is 94.7 Å². The van der Waals surface area contributed by atoms with Crippen LogP contribution in [0.4, 0.5) is 0 Å². The Morgan fingerprint density at radius 2 is 0.633 bits per heavy atom. The number of rotatable bonds is 7. The fraction of sp³-hybridized carbons (Fsp3) is 0.850. The largest absolute Gasteiger partial charge is 0.396 e. The number of aliphatic hydroxyl groups excluding tert-OH is 1. The second-order valence-corrected chi connectivity index (χ2v) is 53.2. The van der Waals surface area contributed by atoms with E-state index in [2.05, 4.69) is 154 Å². The first-order chi connectivity index (χ1) is 59.1. The lowest BCUT2D eigenvalue weighted by Gasteiger charge is -2.59. The number of aldehydes is 1. The maximum Gasteiger partial charge on any atom is 0.136 e. The van der Waals surface area contributed by atoms with E-state index in [1.54, 1.807) is 22.3 Å². The van der Waals surface area contributed by atoms with Gasteiger partial charge < -0.3 is 35.1 Å². The zero-order valence-corrected chi connectivity index (χ0v) is 84.1. The lowest BCUT2D eigenvalue weighted by atomic mass is 9.46. The summed E-state index contributed by atoms with van der Waals surface area (Å²) in [7, 11) is 0. The minimum Gasteiger partial charge on any atom is -0.396 e. The van der Waals surface area contributed by atoms with E-state index in [0.29, 0.717) is 84.3 Å². The van der Waals surface area contributed by atoms with Gasteiger partial charge in [0.1, 0.15) is 12.1 Å². The lowest BCUT2D eigenvalue weighted by molar-refractivity contribution is -0.122. The Morgan fingerprint density at radius 3 is 0.914 bits per heavy atom. The highest BCUT2D eigenvalue weighted by atomic mass is 16.5. The van der Waals surface area contributed by atoms with Crippen molar-refractivity contribution >= 4 is 12.1 Å². The molecule has 0 aromatic carbocycles. The number of ketones is 1. The van der Waals surface area contributed by atoms with E-state index in [1.807, 2.05) is 27.7 Å². The number of aliphatic hydroxyl groups is 5. The summed E-state index contributed by atoms with van der Waals surface area (Å²) < 4.78 is 4.94. The van der Waals surface area contributed by atoms with Gasteiger partial charge in [-0.1, -0.05) is 193 Å². The van der Waals surface area contributed by atoms with Crippen molar-refractivity contribution in [2.45, 2.75) is 438 Å². The van der Waals surface area contributed by atoms with Crippen molar-refractivity contribution in [1.29, 1.82) is 0 Å². The maximum absolute atomic E-state index is 11.9. The van der Waals surface area contributed by atoms with Crippen LogP contribution in [-0.2, 0) is 14.3 Å². The molecule has 20 aliphatic carbocycles. The van der Waals surface area contributed by atoms with Gasteiger partial charge in [0, 0.05) is 38.6 Å². The Balaban J connectivity index is 0.000000127. The number of hydrogen-bond acceptors (Lipinski definition) is 8. The predicted octanol–water partition coefficient (Wildman–Crippen LogP) is 29.7. The van der Waals surface area contributed by atoms with Crippen LogP contribution in [0, 0.1) is 184 Å². The fourth-order valence-corrected chi connectivity index (χ4v) is 38.7. The van der Waals surface area contributed by atoms with Crippen LogP contribution in [0.25, 0.3) is 0 Å². The van der Waals surface area contributed by atoms with Crippen LogP contribution in [0.3, 0.4) is 0 Å². The van der Waals surface area contributed by atoms with Crippen molar-refractivity contribution in [2.24, 2.45) is 184 Å². The molecule has 1 saturated heterocycles. The Labute approximate surface area is 784 Å². The lowest BCUT2D eigenvalue weighted by Crippen LogP contribution is -2.52. The summed E-state index contributed by atoms with van der Waals surface area (Å²) in [6.07, 6.45) is 64.4. The molecule has 16 fully saturated rings. The molecule has 0 unspecified atom stereocenters. The highest BCUT2D eigenvalue weighted by Gasteiger charge is 2.66. The Kier molecular flexibility index (Phi) is 29.0. The molecule has 0 amide bonds. The third-order valence-corrected chi connectivity index (χ3v) is 46.0. The molecule has 0 aromatic rings. The van der Waals surface area contributed by atoms with Gasteiger partial charge in [0.15, 0.2) is 0 Å². The first-order valence-electron chi connectivity index (χ1n) is 53.6. The topological polar surface area (TPSA) is 145 Å². The Morgan fingerprint density at radius 1 is 0.367 bits per heavy atom. The van der Waals surface area contributed by atoms with Gasteiger partial charge >= 0.3 is 0 Å². The average Bonchev–Trinajstić information content (AvgIpc) is 1.40. The van der Waals surface area contributed by atoms with E-state index in [9.17, 15) is 35.1 Å². The molecule has 21 rings (SSSR count). The van der Waals surface area contributed by atoms with Gasteiger partial charge in [-0.15, -0.1) is 0 Å². The minimum absolute atomic E-state index is 0. The maximum atomic E-state index is 11.9. The first kappa shape index (κ1) is 101. The number of allylic oxidation sites excluding steroid dienone is 9. The van der Waals surface area contributed by atoms with Crippen molar-refractivity contribution in [3.63, 3.8) is 0 Å². The summed E-state index contributed by atoms with van der Waals surface area (Å²) in [5, 5.41) is 52.0. The Bertz CT molecular complexity index is 4090. The van der Waals surface area contributed by atoms with Gasteiger partial charge in [-0.05, 0) is 484 Å². The van der Waals surface area contributed by atoms with Gasteiger partial charge in [0.2, 0.25) is 0 Å². The van der Waals surface area contributed by atoms with Gasteiger partial charge in [-0.3, -0.25) is 4.79 Å². The highest BCUT2D eigenvalue weighted by molar-refractivity contribution is 5.82. The predicted molar refractivity (Wildman–Crippen MR) is 533 cm³/mol. The first-order valence-corrected chi connectivity index (χ1v) is 53.6. The van der Waals surface area contributed by atoms with Crippen molar-refractivity contribution in [3.8, 4) is 0 Å². The van der Waals surface area contributed by atoms with E-state index in [4.69, 9.17) is 4.74 Å². The monoisotopic (exact) mass is 1760 g/mol. The summed E-state index contributed by atoms with van der Waals surface area (Å²) >= 11 is 0. The summed E-state index contributed by atoms with van der Waals surface area (Å²) in [5.74, 6) is 17.2.